The number of nitrogens with zero attached hydrogens (tertiary/aromatic N) is 3. The number of H-pyrrole nitrogens is 1. The first kappa shape index (κ1) is 16.0. The van der Waals surface area contributed by atoms with Crippen LogP contribution in [-0.4, -0.2) is 36.8 Å². The lowest BCUT2D eigenvalue weighted by atomic mass is 10.1. The highest BCUT2D eigenvalue weighted by atomic mass is 16.5. The van der Waals surface area contributed by atoms with Gasteiger partial charge in [0.1, 0.15) is 16.9 Å². The van der Waals surface area contributed by atoms with Crippen LogP contribution in [0, 0.1) is 5.41 Å². The van der Waals surface area contributed by atoms with Crippen molar-refractivity contribution in [2.75, 3.05) is 7.11 Å². The normalized spacial score (nSPS) is 11.8. The van der Waals surface area contributed by atoms with Crippen molar-refractivity contribution in [3.8, 4) is 11.5 Å². The molecule has 0 spiro atoms. The standard InChI is InChI=1S/C16H19N5O3/c1-16(2,23)15-19-12-13(17)18-8-21(14(12)20-15)7-9-4-5-11(24-3)10(22)6-9/h4-6,8,17,22-23H,7H2,1-3H3,(H,19,20). The number of ether oxygens (including phenoxy) is 1. The van der Waals surface area contributed by atoms with Crippen LogP contribution in [0.15, 0.2) is 24.5 Å². The number of fused-ring (bicyclic) bond motifs is 1. The van der Waals surface area contributed by atoms with Crippen LogP contribution in [0.3, 0.4) is 0 Å². The summed E-state index contributed by atoms with van der Waals surface area (Å²) in [5.74, 6) is 0.819. The van der Waals surface area contributed by atoms with E-state index in [9.17, 15) is 10.2 Å². The lowest BCUT2D eigenvalue weighted by Crippen LogP contribution is -2.17. The summed E-state index contributed by atoms with van der Waals surface area (Å²) in [6, 6.07) is 5.12. The Labute approximate surface area is 137 Å². The summed E-state index contributed by atoms with van der Waals surface area (Å²) in [6.07, 6.45) is 1.51. The van der Waals surface area contributed by atoms with Gasteiger partial charge in [-0.05, 0) is 31.5 Å². The number of nitrogens with one attached hydrogen (secondary N) is 2. The van der Waals surface area contributed by atoms with Crippen LogP contribution in [-0.2, 0) is 12.1 Å². The summed E-state index contributed by atoms with van der Waals surface area (Å²) in [4.78, 5) is 11.4. The summed E-state index contributed by atoms with van der Waals surface area (Å²) in [7, 11) is 1.49. The Morgan fingerprint density at radius 2 is 2.12 bits per heavy atom. The third-order valence-corrected chi connectivity index (χ3v) is 3.70. The van der Waals surface area contributed by atoms with E-state index in [0.29, 0.717) is 29.3 Å². The summed E-state index contributed by atoms with van der Waals surface area (Å²) >= 11 is 0. The fourth-order valence-electron chi connectivity index (χ4n) is 2.42. The average Bonchev–Trinajstić information content (AvgIpc) is 2.97. The van der Waals surface area contributed by atoms with Gasteiger partial charge in [-0.25, -0.2) is 9.97 Å². The third kappa shape index (κ3) is 2.83. The first-order valence-electron chi connectivity index (χ1n) is 7.38. The molecule has 3 aromatic rings. The van der Waals surface area contributed by atoms with Crippen molar-refractivity contribution in [2.45, 2.75) is 26.0 Å². The van der Waals surface area contributed by atoms with Crippen molar-refractivity contribution < 1.29 is 14.9 Å². The molecule has 0 aliphatic rings. The second-order valence-corrected chi connectivity index (χ2v) is 6.07. The molecule has 0 saturated heterocycles. The van der Waals surface area contributed by atoms with Crippen LogP contribution < -0.4 is 10.2 Å². The number of hydrogen-bond acceptors (Lipinski definition) is 6. The highest BCUT2D eigenvalue weighted by molar-refractivity contribution is 5.69. The van der Waals surface area contributed by atoms with Gasteiger partial charge in [-0.15, -0.1) is 0 Å². The van der Waals surface area contributed by atoms with Crippen LogP contribution in [0.25, 0.3) is 11.2 Å². The van der Waals surface area contributed by atoms with Crippen molar-refractivity contribution >= 4 is 11.2 Å². The van der Waals surface area contributed by atoms with Gasteiger partial charge in [-0.3, -0.25) is 5.41 Å². The van der Waals surface area contributed by atoms with E-state index in [4.69, 9.17) is 10.1 Å². The fraction of sp³-hybridized carbons (Fsp3) is 0.312. The van der Waals surface area contributed by atoms with E-state index < -0.39 is 5.60 Å². The van der Waals surface area contributed by atoms with E-state index in [1.807, 2.05) is 6.07 Å². The maximum atomic E-state index is 10.1. The average molecular weight is 329 g/mol. The number of rotatable bonds is 4. The van der Waals surface area contributed by atoms with Crippen LogP contribution >= 0.6 is 0 Å². The number of imidazole rings is 1. The lowest BCUT2D eigenvalue weighted by molar-refractivity contribution is 0.0699. The largest absolute Gasteiger partial charge is 0.504 e. The summed E-state index contributed by atoms with van der Waals surface area (Å²) in [6.45, 7) is 3.64. The highest BCUT2D eigenvalue weighted by Gasteiger charge is 2.22. The molecular weight excluding hydrogens is 310 g/mol. The van der Waals surface area contributed by atoms with Crippen molar-refractivity contribution in [2.24, 2.45) is 0 Å². The molecule has 4 N–H and O–H groups in total. The van der Waals surface area contributed by atoms with Gasteiger partial charge in [0.25, 0.3) is 0 Å². The van der Waals surface area contributed by atoms with Crippen molar-refractivity contribution in [1.82, 2.24) is 19.5 Å². The minimum Gasteiger partial charge on any atom is -0.504 e. The molecule has 8 nitrogen and oxygen atoms in total. The molecule has 8 heteroatoms. The van der Waals surface area contributed by atoms with E-state index in [1.54, 1.807) is 30.5 Å². The number of aromatic nitrogens is 4. The van der Waals surface area contributed by atoms with E-state index in [0.717, 1.165) is 5.56 Å². The number of aliphatic hydroxyl groups is 1. The molecule has 24 heavy (non-hydrogen) atoms. The number of phenols is 1. The van der Waals surface area contributed by atoms with Gasteiger partial charge in [0.05, 0.1) is 20.0 Å². The van der Waals surface area contributed by atoms with Gasteiger partial charge in [-0.2, -0.15) is 0 Å². The van der Waals surface area contributed by atoms with Crippen LogP contribution in [0.2, 0.25) is 0 Å². The molecular formula is C16H19N5O3. The fourth-order valence-corrected chi connectivity index (χ4v) is 2.42. The summed E-state index contributed by atoms with van der Waals surface area (Å²) < 4.78 is 6.79. The minimum absolute atomic E-state index is 0.0520. The predicted molar refractivity (Wildman–Crippen MR) is 86.7 cm³/mol. The van der Waals surface area contributed by atoms with Gasteiger partial charge >= 0.3 is 0 Å². The Hall–Kier alpha value is -2.87. The van der Waals surface area contributed by atoms with Crippen molar-refractivity contribution in [3.05, 3.63) is 41.4 Å². The van der Waals surface area contributed by atoms with E-state index in [2.05, 4.69) is 15.0 Å². The Morgan fingerprint density at radius 1 is 1.38 bits per heavy atom. The zero-order chi connectivity index (χ0) is 17.5. The molecule has 0 atom stereocenters. The van der Waals surface area contributed by atoms with Crippen molar-refractivity contribution in [1.29, 1.82) is 5.41 Å². The number of methoxy groups -OCH3 is 1. The van der Waals surface area contributed by atoms with Gasteiger partial charge in [0, 0.05) is 0 Å². The zero-order valence-electron chi connectivity index (χ0n) is 13.7. The molecule has 0 saturated carbocycles. The monoisotopic (exact) mass is 329 g/mol. The van der Waals surface area contributed by atoms with Crippen LogP contribution in [0.5, 0.6) is 11.5 Å². The Bertz CT molecular complexity index is 952. The summed E-state index contributed by atoms with van der Waals surface area (Å²) in [5, 5.41) is 27.9. The first-order chi connectivity index (χ1) is 11.3. The molecule has 0 bridgehead atoms. The quantitative estimate of drug-likeness (QED) is 0.574. The molecule has 0 aliphatic carbocycles. The Morgan fingerprint density at radius 3 is 2.75 bits per heavy atom. The topological polar surface area (TPSA) is 120 Å². The number of aromatic hydroxyl groups is 1. The van der Waals surface area contributed by atoms with E-state index >= 15 is 0 Å². The molecule has 2 heterocycles. The number of aromatic amines is 1. The first-order valence-corrected chi connectivity index (χ1v) is 7.38. The maximum absolute atomic E-state index is 10.1. The van der Waals surface area contributed by atoms with E-state index in [-0.39, 0.29) is 11.2 Å². The molecule has 0 unspecified atom stereocenters. The zero-order valence-corrected chi connectivity index (χ0v) is 13.7. The second-order valence-electron chi connectivity index (χ2n) is 6.07. The highest BCUT2D eigenvalue weighted by Crippen LogP contribution is 2.27. The molecule has 0 fully saturated rings. The number of hydrogen-bond donors (Lipinski definition) is 4. The molecule has 3 rings (SSSR count). The molecule has 0 radical (unpaired) electrons. The van der Waals surface area contributed by atoms with Crippen LogP contribution in [0.4, 0.5) is 0 Å². The Balaban J connectivity index is 2.07. The van der Waals surface area contributed by atoms with E-state index in [1.165, 1.54) is 13.4 Å². The Kier molecular flexibility index (Phi) is 3.76. The van der Waals surface area contributed by atoms with Gasteiger partial charge in [0.2, 0.25) is 0 Å². The second kappa shape index (κ2) is 5.64. The van der Waals surface area contributed by atoms with Gasteiger partial charge in [0.15, 0.2) is 22.6 Å². The molecule has 1 aromatic carbocycles. The maximum Gasteiger partial charge on any atom is 0.173 e. The minimum atomic E-state index is -1.15. The smallest absolute Gasteiger partial charge is 0.173 e. The molecule has 0 aliphatic heterocycles. The van der Waals surface area contributed by atoms with Crippen molar-refractivity contribution in [3.63, 3.8) is 0 Å². The molecule has 126 valence electrons. The predicted octanol–water partition coefficient (Wildman–Crippen LogP) is 1.23. The van der Waals surface area contributed by atoms with Gasteiger partial charge in [-0.1, -0.05) is 6.07 Å². The van der Waals surface area contributed by atoms with Gasteiger partial charge < -0.3 is 24.5 Å². The summed E-state index contributed by atoms with van der Waals surface area (Å²) in [5.41, 5.74) is 0.699. The lowest BCUT2D eigenvalue weighted by Gasteiger charge is -2.12. The molecule has 2 aromatic heterocycles. The number of phenolic OH excluding ortho intramolecular Hbond substituents is 1. The molecule has 0 amide bonds. The SMILES string of the molecule is COc1ccc(Cn2cnc(=N)c3[nH]c(C(C)(C)O)nc32)cc1O. The third-order valence-electron chi connectivity index (χ3n) is 3.70. The van der Waals surface area contributed by atoms with Crippen LogP contribution in [0.1, 0.15) is 25.2 Å². The number of benzene rings is 1.